The van der Waals surface area contributed by atoms with Crippen LogP contribution in [0.25, 0.3) is 10.3 Å². The molecule has 0 N–H and O–H groups in total. The number of thiazole rings is 1. The molecule has 0 saturated carbocycles. The van der Waals surface area contributed by atoms with Gasteiger partial charge in [-0.15, -0.1) is 11.3 Å². The third-order valence-corrected chi connectivity index (χ3v) is 3.23. The summed E-state index contributed by atoms with van der Waals surface area (Å²) in [6.45, 7) is 1.88. The van der Waals surface area contributed by atoms with Crippen LogP contribution in [0, 0.1) is 10.6 Å². The predicted molar refractivity (Wildman–Crippen MR) is 52.7 cm³/mol. The van der Waals surface area contributed by atoms with E-state index in [2.05, 4.69) is 37.5 Å². The maximum Gasteiger partial charge on any atom is 0.174 e. The van der Waals surface area contributed by atoms with E-state index in [0.29, 0.717) is 0 Å². The zero-order chi connectivity index (χ0) is 7.84. The van der Waals surface area contributed by atoms with E-state index in [1.807, 2.05) is 6.92 Å². The summed E-state index contributed by atoms with van der Waals surface area (Å²) >= 11 is 3.78. The van der Waals surface area contributed by atoms with Gasteiger partial charge in [0, 0.05) is 0 Å². The van der Waals surface area contributed by atoms with Gasteiger partial charge >= 0.3 is 0 Å². The molecule has 11 heavy (non-hydrogen) atoms. The lowest BCUT2D eigenvalue weighted by Crippen LogP contribution is -1.90. The number of rotatable bonds is 0. The van der Waals surface area contributed by atoms with Crippen molar-refractivity contribution in [3.63, 3.8) is 0 Å². The van der Waals surface area contributed by atoms with E-state index in [9.17, 15) is 0 Å². The second-order valence-corrected chi connectivity index (χ2v) is 3.94. The van der Waals surface area contributed by atoms with Gasteiger partial charge in [-0.1, -0.05) is 0 Å². The Morgan fingerprint density at radius 3 is 3.09 bits per heavy atom. The summed E-state index contributed by atoms with van der Waals surface area (Å²) in [5, 5.41) is 0. The summed E-state index contributed by atoms with van der Waals surface area (Å²) in [4.78, 5) is 12.5. The molecule has 56 valence electrons. The van der Waals surface area contributed by atoms with Crippen molar-refractivity contribution in [2.24, 2.45) is 0 Å². The topological polar surface area (TPSA) is 38.7 Å². The van der Waals surface area contributed by atoms with Crippen LogP contribution in [0.5, 0.6) is 0 Å². The quantitative estimate of drug-likeness (QED) is 0.546. The molecule has 5 heteroatoms. The highest BCUT2D eigenvalue weighted by atomic mass is 127. The van der Waals surface area contributed by atoms with Gasteiger partial charge in [0.15, 0.2) is 5.65 Å². The minimum Gasteiger partial charge on any atom is -0.226 e. The number of hydrogen-bond donors (Lipinski definition) is 0. The minimum absolute atomic E-state index is 0.785. The zero-order valence-electron chi connectivity index (χ0n) is 5.71. The van der Waals surface area contributed by atoms with Gasteiger partial charge in [-0.25, -0.2) is 15.0 Å². The Hall–Kier alpha value is -0.300. The Balaban J connectivity index is 2.91. The van der Waals surface area contributed by atoms with Crippen LogP contribution in [0.3, 0.4) is 0 Å². The van der Waals surface area contributed by atoms with Gasteiger partial charge in [-0.3, -0.25) is 0 Å². The number of hydrogen-bond acceptors (Lipinski definition) is 4. The second kappa shape index (κ2) is 2.63. The van der Waals surface area contributed by atoms with Crippen molar-refractivity contribution in [3.05, 3.63) is 15.0 Å². The molecule has 2 heterocycles. The van der Waals surface area contributed by atoms with Crippen LogP contribution in [-0.4, -0.2) is 15.0 Å². The van der Waals surface area contributed by atoms with E-state index in [0.717, 1.165) is 19.9 Å². The fourth-order valence-electron chi connectivity index (χ4n) is 0.832. The number of aryl methyl sites for hydroxylation is 1. The fraction of sp³-hybridized carbons (Fsp3) is 0.167. The van der Waals surface area contributed by atoms with Gasteiger partial charge in [0.05, 0.1) is 5.51 Å². The lowest BCUT2D eigenvalue weighted by Gasteiger charge is -1.92. The number of nitrogens with zero attached hydrogens (tertiary/aromatic N) is 3. The molecule has 0 saturated heterocycles. The molecular weight excluding hydrogens is 273 g/mol. The van der Waals surface area contributed by atoms with Crippen molar-refractivity contribution >= 4 is 44.3 Å². The first-order valence-corrected chi connectivity index (χ1v) is 4.96. The van der Waals surface area contributed by atoms with Crippen molar-refractivity contribution in [2.75, 3.05) is 0 Å². The molecule has 0 spiro atoms. The highest BCUT2D eigenvalue weighted by molar-refractivity contribution is 14.1. The van der Waals surface area contributed by atoms with Crippen LogP contribution in [0.4, 0.5) is 0 Å². The number of fused-ring (bicyclic) bond motifs is 1. The van der Waals surface area contributed by atoms with E-state index in [4.69, 9.17) is 0 Å². The molecule has 2 rings (SSSR count). The van der Waals surface area contributed by atoms with Crippen molar-refractivity contribution in [2.45, 2.75) is 6.92 Å². The highest BCUT2D eigenvalue weighted by Crippen LogP contribution is 2.20. The zero-order valence-corrected chi connectivity index (χ0v) is 8.68. The Morgan fingerprint density at radius 2 is 2.27 bits per heavy atom. The molecule has 2 aromatic rings. The highest BCUT2D eigenvalue weighted by Gasteiger charge is 2.03. The molecule has 3 nitrogen and oxygen atoms in total. The predicted octanol–water partition coefficient (Wildman–Crippen LogP) is 2.00. The molecule has 0 aliphatic carbocycles. The SMILES string of the molecule is Cc1nc(I)c2scnc2n1. The molecule has 0 aliphatic heterocycles. The molecule has 0 atom stereocenters. The van der Waals surface area contributed by atoms with Crippen LogP contribution < -0.4 is 0 Å². The maximum atomic E-state index is 4.22. The maximum absolute atomic E-state index is 4.22. The van der Waals surface area contributed by atoms with Crippen LogP contribution in [0.1, 0.15) is 5.82 Å². The van der Waals surface area contributed by atoms with Gasteiger partial charge in [0.2, 0.25) is 0 Å². The summed E-state index contributed by atoms with van der Waals surface area (Å²) in [5.74, 6) is 0.785. The van der Waals surface area contributed by atoms with Crippen LogP contribution in [-0.2, 0) is 0 Å². The standard InChI is InChI=1S/C6H4IN3S/c1-3-9-5(7)4-6(10-3)8-2-11-4/h2H,1H3. The molecule has 0 radical (unpaired) electrons. The Kier molecular flexibility index (Phi) is 1.76. The van der Waals surface area contributed by atoms with Gasteiger partial charge < -0.3 is 0 Å². The van der Waals surface area contributed by atoms with Gasteiger partial charge in [0.1, 0.15) is 14.2 Å². The van der Waals surface area contributed by atoms with Crippen LogP contribution >= 0.6 is 33.9 Å². The monoisotopic (exact) mass is 277 g/mol. The lowest BCUT2D eigenvalue weighted by atomic mass is 10.6. The number of aromatic nitrogens is 3. The largest absolute Gasteiger partial charge is 0.226 e. The van der Waals surface area contributed by atoms with Crippen molar-refractivity contribution in [1.82, 2.24) is 15.0 Å². The smallest absolute Gasteiger partial charge is 0.174 e. The molecular formula is C6H4IN3S. The summed E-state index contributed by atoms with van der Waals surface area (Å²) in [5.41, 5.74) is 2.60. The van der Waals surface area contributed by atoms with Crippen molar-refractivity contribution < 1.29 is 0 Å². The first-order chi connectivity index (χ1) is 5.27. The van der Waals surface area contributed by atoms with E-state index in [1.54, 1.807) is 16.8 Å². The van der Waals surface area contributed by atoms with Gasteiger partial charge in [-0.05, 0) is 29.5 Å². The summed E-state index contributed by atoms with van der Waals surface area (Å²) in [6.07, 6.45) is 0. The van der Waals surface area contributed by atoms with E-state index in [-0.39, 0.29) is 0 Å². The second-order valence-electron chi connectivity index (χ2n) is 2.07. The minimum atomic E-state index is 0.785. The van der Waals surface area contributed by atoms with E-state index < -0.39 is 0 Å². The first-order valence-electron chi connectivity index (χ1n) is 3.01. The molecule has 0 amide bonds. The van der Waals surface area contributed by atoms with Crippen LogP contribution in [0.15, 0.2) is 5.51 Å². The Labute approximate surface area is 81.0 Å². The van der Waals surface area contributed by atoms with Crippen molar-refractivity contribution in [3.8, 4) is 0 Å². The van der Waals surface area contributed by atoms with E-state index >= 15 is 0 Å². The molecule has 0 bridgehead atoms. The first kappa shape index (κ1) is 7.35. The normalized spacial score (nSPS) is 10.7. The molecule has 0 fully saturated rings. The van der Waals surface area contributed by atoms with Crippen molar-refractivity contribution in [1.29, 1.82) is 0 Å². The Bertz CT molecular complexity index is 398. The van der Waals surface area contributed by atoms with Gasteiger partial charge in [0.25, 0.3) is 0 Å². The van der Waals surface area contributed by atoms with E-state index in [1.165, 1.54) is 0 Å². The lowest BCUT2D eigenvalue weighted by molar-refractivity contribution is 1.06. The third kappa shape index (κ3) is 1.22. The number of halogens is 1. The average Bonchev–Trinajstić information content (AvgIpc) is 2.34. The molecule has 2 aromatic heterocycles. The Morgan fingerprint density at radius 1 is 1.45 bits per heavy atom. The summed E-state index contributed by atoms with van der Waals surface area (Å²) in [6, 6.07) is 0. The molecule has 0 unspecified atom stereocenters. The fourth-order valence-corrected chi connectivity index (χ4v) is 2.41. The third-order valence-electron chi connectivity index (χ3n) is 1.26. The molecule has 0 aliphatic rings. The van der Waals surface area contributed by atoms with Gasteiger partial charge in [-0.2, -0.15) is 0 Å². The van der Waals surface area contributed by atoms with Crippen LogP contribution in [0.2, 0.25) is 0 Å². The molecule has 0 aromatic carbocycles. The summed E-state index contributed by atoms with van der Waals surface area (Å²) in [7, 11) is 0. The summed E-state index contributed by atoms with van der Waals surface area (Å²) < 4.78 is 2.07. The average molecular weight is 277 g/mol.